The molecule has 1 fully saturated rings. The third kappa shape index (κ3) is 3.80. The molecule has 1 aromatic carbocycles. The van der Waals surface area contributed by atoms with Crippen LogP contribution in [0.1, 0.15) is 49.5 Å². The van der Waals surface area contributed by atoms with Crippen LogP contribution < -0.4 is 5.32 Å². The Morgan fingerprint density at radius 3 is 2.73 bits per heavy atom. The lowest BCUT2D eigenvalue weighted by Gasteiger charge is -2.31. The van der Waals surface area contributed by atoms with Crippen LogP contribution in [0.3, 0.4) is 0 Å². The van der Waals surface area contributed by atoms with E-state index in [-0.39, 0.29) is 12.0 Å². The molecule has 1 aromatic rings. The first-order valence-corrected chi connectivity index (χ1v) is 8.23. The number of aliphatic hydroxyl groups is 1. The van der Waals surface area contributed by atoms with Crippen LogP contribution >= 0.6 is 0 Å². The number of piperidine rings is 1. The van der Waals surface area contributed by atoms with Gasteiger partial charge in [0, 0.05) is 30.4 Å². The van der Waals surface area contributed by atoms with Gasteiger partial charge in [0.05, 0.1) is 6.10 Å². The Morgan fingerprint density at radius 1 is 1.36 bits per heavy atom. The van der Waals surface area contributed by atoms with Crippen LogP contribution in [-0.4, -0.2) is 41.1 Å². The Labute approximate surface area is 133 Å². The molecule has 1 aliphatic rings. The average Bonchev–Trinajstić information content (AvgIpc) is 2.48. The normalized spacial score (nSPS) is 20.1. The van der Waals surface area contributed by atoms with Crippen LogP contribution in [0.2, 0.25) is 0 Å². The molecule has 2 N–H and O–H groups in total. The van der Waals surface area contributed by atoms with Gasteiger partial charge in [0.1, 0.15) is 0 Å². The fraction of sp³-hybridized carbons (Fsp3) is 0.611. The number of likely N-dealkylation sites (tertiary alicyclic amines) is 1. The largest absolute Gasteiger partial charge is 0.391 e. The maximum atomic E-state index is 12.7. The van der Waals surface area contributed by atoms with Crippen molar-refractivity contribution in [1.82, 2.24) is 4.90 Å². The number of rotatable bonds is 4. The number of anilines is 1. The van der Waals surface area contributed by atoms with E-state index < -0.39 is 0 Å². The molecule has 0 radical (unpaired) electrons. The highest BCUT2D eigenvalue weighted by atomic mass is 16.3. The van der Waals surface area contributed by atoms with Crippen molar-refractivity contribution in [1.29, 1.82) is 0 Å². The molecular formula is C18H28N2O2. The van der Waals surface area contributed by atoms with Gasteiger partial charge in [-0.2, -0.15) is 0 Å². The minimum atomic E-state index is -0.389. The maximum absolute atomic E-state index is 12.7. The summed E-state index contributed by atoms with van der Waals surface area (Å²) in [6.45, 7) is 9.67. The van der Waals surface area contributed by atoms with Gasteiger partial charge < -0.3 is 15.3 Å². The molecule has 1 amide bonds. The molecule has 1 heterocycles. The first kappa shape index (κ1) is 16.8. The number of amides is 1. The quantitative estimate of drug-likeness (QED) is 0.899. The summed E-state index contributed by atoms with van der Waals surface area (Å²) in [5.74, 6) is 0.549. The zero-order chi connectivity index (χ0) is 16.3. The molecule has 4 nitrogen and oxygen atoms in total. The standard InChI is InChI=1S/C18H28N2O2/c1-12(2)14(4)19-17-9-5-8-16(13(17)3)18(22)20-10-6-7-15(21)11-20/h5,8-9,12,14-15,19,21H,6-7,10-11H2,1-4H3. The Hall–Kier alpha value is -1.55. The van der Waals surface area contributed by atoms with E-state index in [0.29, 0.717) is 18.5 Å². The lowest BCUT2D eigenvalue weighted by molar-refractivity contribution is 0.0473. The molecule has 0 bridgehead atoms. The molecule has 2 atom stereocenters. The number of benzene rings is 1. The Morgan fingerprint density at radius 2 is 2.09 bits per heavy atom. The summed E-state index contributed by atoms with van der Waals surface area (Å²) in [5, 5.41) is 13.3. The summed E-state index contributed by atoms with van der Waals surface area (Å²) in [4.78, 5) is 14.5. The molecule has 2 rings (SSSR count). The molecule has 0 spiro atoms. The van der Waals surface area contributed by atoms with E-state index in [9.17, 15) is 9.90 Å². The SMILES string of the molecule is Cc1c(NC(C)C(C)C)cccc1C(=O)N1CCCC(O)C1. The average molecular weight is 304 g/mol. The number of carbonyl (C=O) groups is 1. The second-order valence-electron chi connectivity index (χ2n) is 6.70. The van der Waals surface area contributed by atoms with Crippen LogP contribution in [0.25, 0.3) is 0 Å². The fourth-order valence-electron chi connectivity index (χ4n) is 2.75. The number of hydrogen-bond donors (Lipinski definition) is 2. The van der Waals surface area contributed by atoms with Crippen LogP contribution in [0.5, 0.6) is 0 Å². The molecule has 0 aromatic heterocycles. The van der Waals surface area contributed by atoms with Crippen molar-refractivity contribution in [3.05, 3.63) is 29.3 Å². The number of nitrogens with zero attached hydrogens (tertiary/aromatic N) is 1. The predicted molar refractivity (Wildman–Crippen MR) is 90.2 cm³/mol. The molecule has 1 aliphatic heterocycles. The summed E-state index contributed by atoms with van der Waals surface area (Å²) in [6.07, 6.45) is 1.27. The van der Waals surface area contributed by atoms with Gasteiger partial charge in [0.2, 0.25) is 0 Å². The van der Waals surface area contributed by atoms with Gasteiger partial charge in [-0.3, -0.25) is 4.79 Å². The number of carbonyl (C=O) groups excluding carboxylic acids is 1. The lowest BCUT2D eigenvalue weighted by atomic mass is 10.0. The van der Waals surface area contributed by atoms with E-state index in [1.165, 1.54) is 0 Å². The molecule has 122 valence electrons. The molecule has 0 aliphatic carbocycles. The van der Waals surface area contributed by atoms with E-state index in [4.69, 9.17) is 0 Å². The maximum Gasteiger partial charge on any atom is 0.254 e. The second-order valence-corrected chi connectivity index (χ2v) is 6.70. The van der Waals surface area contributed by atoms with Crippen molar-refractivity contribution < 1.29 is 9.90 Å². The van der Waals surface area contributed by atoms with Gasteiger partial charge in [-0.25, -0.2) is 0 Å². The number of hydrogen-bond acceptors (Lipinski definition) is 3. The van der Waals surface area contributed by atoms with Crippen molar-refractivity contribution in [3.8, 4) is 0 Å². The Balaban J connectivity index is 2.19. The van der Waals surface area contributed by atoms with E-state index >= 15 is 0 Å². The summed E-state index contributed by atoms with van der Waals surface area (Å²) in [6, 6.07) is 6.18. The van der Waals surface area contributed by atoms with E-state index in [0.717, 1.165) is 36.2 Å². The molecule has 4 heteroatoms. The number of nitrogens with one attached hydrogen (secondary N) is 1. The second kappa shape index (κ2) is 7.14. The smallest absolute Gasteiger partial charge is 0.254 e. The third-order valence-electron chi connectivity index (χ3n) is 4.63. The van der Waals surface area contributed by atoms with E-state index in [1.807, 2.05) is 25.1 Å². The Kier molecular flexibility index (Phi) is 5.46. The zero-order valence-electron chi connectivity index (χ0n) is 14.1. The van der Waals surface area contributed by atoms with E-state index in [1.54, 1.807) is 4.90 Å². The summed E-state index contributed by atoms with van der Waals surface area (Å²) in [7, 11) is 0. The van der Waals surface area contributed by atoms with Gasteiger partial charge >= 0.3 is 0 Å². The van der Waals surface area contributed by atoms with Gasteiger partial charge in [0.25, 0.3) is 5.91 Å². The molecular weight excluding hydrogens is 276 g/mol. The molecule has 2 unspecified atom stereocenters. The highest BCUT2D eigenvalue weighted by Gasteiger charge is 2.24. The predicted octanol–water partition coefficient (Wildman–Crippen LogP) is 3.05. The Bertz CT molecular complexity index is 528. The minimum Gasteiger partial charge on any atom is -0.391 e. The van der Waals surface area contributed by atoms with Crippen molar-refractivity contribution in [3.63, 3.8) is 0 Å². The van der Waals surface area contributed by atoms with Gasteiger partial charge in [-0.05, 0) is 50.3 Å². The van der Waals surface area contributed by atoms with Crippen LogP contribution in [0, 0.1) is 12.8 Å². The summed E-state index contributed by atoms with van der Waals surface area (Å²) >= 11 is 0. The molecule has 0 saturated carbocycles. The zero-order valence-corrected chi connectivity index (χ0v) is 14.1. The van der Waals surface area contributed by atoms with Crippen molar-refractivity contribution in [2.24, 2.45) is 5.92 Å². The van der Waals surface area contributed by atoms with Crippen molar-refractivity contribution in [2.75, 3.05) is 18.4 Å². The van der Waals surface area contributed by atoms with Crippen LogP contribution in [0.4, 0.5) is 5.69 Å². The lowest BCUT2D eigenvalue weighted by Crippen LogP contribution is -2.42. The fourth-order valence-corrected chi connectivity index (χ4v) is 2.75. The highest BCUT2D eigenvalue weighted by Crippen LogP contribution is 2.23. The minimum absolute atomic E-state index is 0.0251. The highest BCUT2D eigenvalue weighted by molar-refractivity contribution is 5.97. The van der Waals surface area contributed by atoms with Gasteiger partial charge in [-0.1, -0.05) is 19.9 Å². The summed E-state index contributed by atoms with van der Waals surface area (Å²) < 4.78 is 0. The van der Waals surface area contributed by atoms with Crippen molar-refractivity contribution >= 4 is 11.6 Å². The number of β-amino-alcohol motifs (C(OH)–C–C–N with tert-alkyl or cyclic N) is 1. The first-order chi connectivity index (χ1) is 10.4. The first-order valence-electron chi connectivity index (χ1n) is 8.23. The number of aliphatic hydroxyl groups excluding tert-OH is 1. The molecule has 1 saturated heterocycles. The molecule has 22 heavy (non-hydrogen) atoms. The topological polar surface area (TPSA) is 52.6 Å². The van der Waals surface area contributed by atoms with Crippen LogP contribution in [-0.2, 0) is 0 Å². The third-order valence-corrected chi connectivity index (χ3v) is 4.63. The van der Waals surface area contributed by atoms with E-state index in [2.05, 4.69) is 26.1 Å². The van der Waals surface area contributed by atoms with Gasteiger partial charge in [0.15, 0.2) is 0 Å². The summed E-state index contributed by atoms with van der Waals surface area (Å²) in [5.41, 5.74) is 2.74. The van der Waals surface area contributed by atoms with Crippen molar-refractivity contribution in [2.45, 2.75) is 52.7 Å². The van der Waals surface area contributed by atoms with Gasteiger partial charge in [-0.15, -0.1) is 0 Å². The van der Waals surface area contributed by atoms with Crippen LogP contribution in [0.15, 0.2) is 18.2 Å². The monoisotopic (exact) mass is 304 g/mol.